The first kappa shape index (κ1) is 16.6. The molecule has 0 radical (unpaired) electrons. The topological polar surface area (TPSA) is 106 Å². The number of piperidine rings is 1. The van der Waals surface area contributed by atoms with Gasteiger partial charge in [0.25, 0.3) is 0 Å². The van der Waals surface area contributed by atoms with E-state index in [0.717, 1.165) is 18.4 Å². The molecular weight excluding hydrogens is 320 g/mol. The van der Waals surface area contributed by atoms with Crippen LogP contribution in [0.25, 0.3) is 11.4 Å². The normalized spacial score (nSPS) is 14.8. The second kappa shape index (κ2) is 7.13. The molecule has 0 atom stereocenters. The highest BCUT2D eigenvalue weighted by Crippen LogP contribution is 2.22. The largest absolute Gasteiger partial charge is 0.465 e. The molecular formula is C17H18N6O2. The summed E-state index contributed by atoms with van der Waals surface area (Å²) in [4.78, 5) is 27.4. The van der Waals surface area contributed by atoms with Crippen LogP contribution in [0.1, 0.15) is 18.4 Å². The van der Waals surface area contributed by atoms with Crippen LogP contribution in [0, 0.1) is 11.3 Å². The number of benzene rings is 1. The van der Waals surface area contributed by atoms with Gasteiger partial charge in [0, 0.05) is 31.7 Å². The average Bonchev–Trinajstić information content (AvgIpc) is 2.67. The van der Waals surface area contributed by atoms with Crippen LogP contribution < -0.4 is 4.90 Å². The van der Waals surface area contributed by atoms with Crippen molar-refractivity contribution in [3.8, 4) is 17.5 Å². The summed E-state index contributed by atoms with van der Waals surface area (Å²) in [5, 5.41) is 18.1. The van der Waals surface area contributed by atoms with Crippen molar-refractivity contribution < 1.29 is 9.90 Å². The maximum Gasteiger partial charge on any atom is 0.407 e. The van der Waals surface area contributed by atoms with Gasteiger partial charge in [-0.2, -0.15) is 10.2 Å². The van der Waals surface area contributed by atoms with Crippen LogP contribution in [-0.2, 0) is 0 Å². The Bertz CT molecular complexity index is 811. The molecule has 3 rings (SSSR count). The number of aromatic nitrogens is 3. The summed E-state index contributed by atoms with van der Waals surface area (Å²) in [7, 11) is 1.60. The van der Waals surface area contributed by atoms with Crippen LogP contribution in [0.3, 0.4) is 0 Å². The molecule has 2 heterocycles. The smallest absolute Gasteiger partial charge is 0.407 e. The monoisotopic (exact) mass is 338 g/mol. The lowest BCUT2D eigenvalue weighted by Gasteiger charge is -2.35. The van der Waals surface area contributed by atoms with E-state index >= 15 is 0 Å². The number of carboxylic acid groups (broad SMARTS) is 1. The predicted octanol–water partition coefficient (Wildman–Crippen LogP) is 1.99. The first-order chi connectivity index (χ1) is 12.1. The van der Waals surface area contributed by atoms with Crippen LogP contribution in [0.5, 0.6) is 0 Å². The fourth-order valence-electron chi connectivity index (χ4n) is 2.92. The lowest BCUT2D eigenvalue weighted by atomic mass is 10.0. The molecule has 128 valence electrons. The van der Waals surface area contributed by atoms with Gasteiger partial charge in [0.05, 0.1) is 11.6 Å². The van der Waals surface area contributed by atoms with Crippen LogP contribution in [-0.4, -0.2) is 57.2 Å². The molecule has 1 aromatic heterocycles. The first-order valence-electron chi connectivity index (χ1n) is 7.99. The zero-order valence-corrected chi connectivity index (χ0v) is 13.8. The second-order valence-electron chi connectivity index (χ2n) is 5.91. The summed E-state index contributed by atoms with van der Waals surface area (Å²) in [6.45, 7) is 1.37. The van der Waals surface area contributed by atoms with Gasteiger partial charge in [0.2, 0.25) is 5.95 Å². The van der Waals surface area contributed by atoms with E-state index < -0.39 is 6.09 Å². The Morgan fingerprint density at radius 2 is 2.12 bits per heavy atom. The van der Waals surface area contributed by atoms with E-state index in [1.165, 1.54) is 11.2 Å². The van der Waals surface area contributed by atoms with Crippen LogP contribution in [0.15, 0.2) is 30.6 Å². The van der Waals surface area contributed by atoms with Gasteiger partial charge in [-0.05, 0) is 25.0 Å². The van der Waals surface area contributed by atoms with Gasteiger partial charge in [0.1, 0.15) is 6.33 Å². The van der Waals surface area contributed by atoms with Crippen LogP contribution >= 0.6 is 0 Å². The maximum absolute atomic E-state index is 11.1. The Labute approximate surface area is 145 Å². The lowest BCUT2D eigenvalue weighted by molar-refractivity contribution is 0.131. The molecule has 1 aliphatic rings. The Hall–Kier alpha value is -3.21. The molecule has 1 N–H and O–H groups in total. The van der Waals surface area contributed by atoms with Crippen molar-refractivity contribution in [2.24, 2.45) is 0 Å². The van der Waals surface area contributed by atoms with Crippen molar-refractivity contribution in [1.29, 1.82) is 5.26 Å². The van der Waals surface area contributed by atoms with Gasteiger partial charge in [-0.3, -0.25) is 0 Å². The van der Waals surface area contributed by atoms with Crippen molar-refractivity contribution in [3.05, 3.63) is 36.2 Å². The molecule has 1 amide bonds. The Morgan fingerprint density at radius 3 is 2.80 bits per heavy atom. The highest BCUT2D eigenvalue weighted by Gasteiger charge is 2.26. The third-order valence-electron chi connectivity index (χ3n) is 4.41. The quantitative estimate of drug-likeness (QED) is 0.912. The van der Waals surface area contributed by atoms with Gasteiger partial charge < -0.3 is 14.9 Å². The number of hydrogen-bond donors (Lipinski definition) is 1. The van der Waals surface area contributed by atoms with Crippen molar-refractivity contribution in [3.63, 3.8) is 0 Å². The van der Waals surface area contributed by atoms with Gasteiger partial charge in [0.15, 0.2) is 5.82 Å². The number of amides is 1. The van der Waals surface area contributed by atoms with Crippen molar-refractivity contribution >= 4 is 12.0 Å². The van der Waals surface area contributed by atoms with Crippen molar-refractivity contribution in [1.82, 2.24) is 19.9 Å². The SMILES string of the molecule is CN(C(=O)O)C1CCN(c2ncnc(-c3cccc(C#N)c3)n2)CC1. The van der Waals surface area contributed by atoms with Crippen LogP contribution in [0.2, 0.25) is 0 Å². The molecule has 0 aliphatic carbocycles. The Morgan fingerprint density at radius 1 is 1.36 bits per heavy atom. The maximum atomic E-state index is 11.1. The zero-order chi connectivity index (χ0) is 17.8. The predicted molar refractivity (Wildman–Crippen MR) is 91.0 cm³/mol. The van der Waals surface area contributed by atoms with Gasteiger partial charge in [-0.1, -0.05) is 12.1 Å². The highest BCUT2D eigenvalue weighted by atomic mass is 16.4. The molecule has 1 aliphatic heterocycles. The van der Waals surface area contributed by atoms with Crippen molar-refractivity contribution in [2.75, 3.05) is 25.0 Å². The lowest BCUT2D eigenvalue weighted by Crippen LogP contribution is -2.45. The first-order valence-corrected chi connectivity index (χ1v) is 7.99. The third kappa shape index (κ3) is 3.66. The molecule has 1 fully saturated rings. The van der Waals surface area contributed by atoms with Gasteiger partial charge in [-0.25, -0.2) is 14.8 Å². The molecule has 0 bridgehead atoms. The molecule has 1 aromatic carbocycles. The highest BCUT2D eigenvalue weighted by molar-refractivity contribution is 5.65. The van der Waals surface area contributed by atoms with E-state index in [9.17, 15) is 4.79 Å². The third-order valence-corrected chi connectivity index (χ3v) is 4.41. The number of nitriles is 1. The van der Waals surface area contributed by atoms with Gasteiger partial charge >= 0.3 is 6.09 Å². The van der Waals surface area contributed by atoms with E-state index in [-0.39, 0.29) is 6.04 Å². The molecule has 0 saturated carbocycles. The minimum absolute atomic E-state index is 0.0161. The molecule has 2 aromatic rings. The Balaban J connectivity index is 1.75. The fourth-order valence-corrected chi connectivity index (χ4v) is 2.92. The van der Waals surface area contributed by atoms with E-state index in [1.807, 2.05) is 11.0 Å². The standard InChI is InChI=1S/C17H18N6O2/c1-22(17(24)25)14-5-7-23(8-6-14)16-20-11-19-15(21-16)13-4-2-3-12(9-13)10-18/h2-4,9,11,14H,5-8H2,1H3,(H,24,25). The second-order valence-corrected chi connectivity index (χ2v) is 5.91. The molecule has 8 nitrogen and oxygen atoms in total. The number of rotatable bonds is 3. The fraction of sp³-hybridized carbons (Fsp3) is 0.353. The number of hydrogen-bond acceptors (Lipinski definition) is 6. The Kier molecular flexibility index (Phi) is 4.75. The number of carbonyl (C=O) groups is 1. The molecule has 0 unspecified atom stereocenters. The van der Waals surface area contributed by atoms with E-state index in [1.54, 1.807) is 25.2 Å². The van der Waals surface area contributed by atoms with Crippen LogP contribution in [0.4, 0.5) is 10.7 Å². The molecule has 1 saturated heterocycles. The zero-order valence-electron chi connectivity index (χ0n) is 13.8. The van der Waals surface area contributed by atoms with E-state index in [0.29, 0.717) is 30.4 Å². The summed E-state index contributed by atoms with van der Waals surface area (Å²) in [6, 6.07) is 9.25. The molecule has 25 heavy (non-hydrogen) atoms. The van der Waals surface area contributed by atoms with E-state index in [4.69, 9.17) is 10.4 Å². The van der Waals surface area contributed by atoms with Crippen molar-refractivity contribution in [2.45, 2.75) is 18.9 Å². The number of nitrogens with zero attached hydrogens (tertiary/aromatic N) is 6. The number of anilines is 1. The van der Waals surface area contributed by atoms with E-state index in [2.05, 4.69) is 21.0 Å². The average molecular weight is 338 g/mol. The summed E-state index contributed by atoms with van der Waals surface area (Å²) >= 11 is 0. The summed E-state index contributed by atoms with van der Waals surface area (Å²) in [5.41, 5.74) is 1.32. The summed E-state index contributed by atoms with van der Waals surface area (Å²) < 4.78 is 0. The minimum Gasteiger partial charge on any atom is -0.465 e. The molecule has 0 spiro atoms. The molecule has 8 heteroatoms. The summed E-state index contributed by atoms with van der Waals surface area (Å²) in [6.07, 6.45) is 2.02. The summed E-state index contributed by atoms with van der Waals surface area (Å²) in [5.74, 6) is 1.09. The van der Waals surface area contributed by atoms with Gasteiger partial charge in [-0.15, -0.1) is 0 Å². The minimum atomic E-state index is -0.904.